The van der Waals surface area contributed by atoms with Crippen molar-refractivity contribution in [3.05, 3.63) is 71.3 Å². The highest BCUT2D eigenvalue weighted by molar-refractivity contribution is 7.99. The van der Waals surface area contributed by atoms with E-state index in [1.54, 1.807) is 48.9 Å². The summed E-state index contributed by atoms with van der Waals surface area (Å²) in [6, 6.07) is 12.1. The van der Waals surface area contributed by atoms with E-state index in [1.165, 1.54) is 18.2 Å². The predicted octanol–water partition coefficient (Wildman–Crippen LogP) is 5.20. The summed E-state index contributed by atoms with van der Waals surface area (Å²) in [6.07, 6.45) is 0. The minimum Gasteiger partial charge on any atom is -0.321 e. The number of aryl methyl sites for hydroxylation is 1. The third-order valence-electron chi connectivity index (χ3n) is 3.94. The number of alkyl halides is 2. The number of nitrogens with one attached hydrogen (secondary N) is 1. The Morgan fingerprint density at radius 2 is 1.78 bits per heavy atom. The van der Waals surface area contributed by atoms with Crippen LogP contribution in [0, 0.1) is 19.7 Å². The lowest BCUT2D eigenvalue weighted by atomic mass is 10.1. The molecule has 0 unspecified atom stereocenters. The van der Waals surface area contributed by atoms with Crippen molar-refractivity contribution in [2.45, 2.75) is 24.5 Å². The van der Waals surface area contributed by atoms with Gasteiger partial charge in [0.05, 0.1) is 28.3 Å². The number of carbonyl (C=O) groups excluding carboxylic acids is 1. The number of halogens is 3. The Balaban J connectivity index is 1.91. The minimum absolute atomic E-state index is 0.280. The van der Waals surface area contributed by atoms with Crippen LogP contribution < -0.4 is 5.32 Å². The third-order valence-corrected chi connectivity index (χ3v) is 4.73. The Labute approximate surface area is 158 Å². The normalized spacial score (nSPS) is 11.0. The first kappa shape index (κ1) is 19.0. The van der Waals surface area contributed by atoms with E-state index >= 15 is 0 Å². The molecular formula is C19H16F3N3OS. The molecule has 1 N–H and O–H groups in total. The maximum Gasteiger partial charge on any atom is 0.288 e. The van der Waals surface area contributed by atoms with Gasteiger partial charge in [0.25, 0.3) is 11.7 Å². The van der Waals surface area contributed by atoms with Gasteiger partial charge in [-0.3, -0.25) is 4.79 Å². The molecule has 0 fully saturated rings. The fraction of sp³-hybridized carbons (Fsp3) is 0.158. The highest BCUT2D eigenvalue weighted by Crippen LogP contribution is 2.32. The van der Waals surface area contributed by atoms with Crippen molar-refractivity contribution in [3.63, 3.8) is 0 Å². The van der Waals surface area contributed by atoms with E-state index in [0.717, 1.165) is 0 Å². The molecule has 1 heterocycles. The monoisotopic (exact) mass is 391 g/mol. The lowest BCUT2D eigenvalue weighted by molar-refractivity contribution is 0.102. The van der Waals surface area contributed by atoms with E-state index in [9.17, 15) is 18.0 Å². The first-order valence-corrected chi connectivity index (χ1v) is 8.92. The van der Waals surface area contributed by atoms with E-state index in [2.05, 4.69) is 10.4 Å². The number of nitrogens with zero attached hydrogens (tertiary/aromatic N) is 2. The van der Waals surface area contributed by atoms with Crippen LogP contribution in [-0.4, -0.2) is 21.4 Å². The van der Waals surface area contributed by atoms with Crippen molar-refractivity contribution in [2.24, 2.45) is 0 Å². The van der Waals surface area contributed by atoms with Gasteiger partial charge < -0.3 is 5.32 Å². The first-order chi connectivity index (χ1) is 12.9. The highest BCUT2D eigenvalue weighted by Gasteiger charge is 2.21. The molecule has 0 radical (unpaired) electrons. The van der Waals surface area contributed by atoms with Crippen LogP contribution in [0.1, 0.15) is 21.7 Å². The molecule has 27 heavy (non-hydrogen) atoms. The van der Waals surface area contributed by atoms with Crippen LogP contribution in [0.5, 0.6) is 0 Å². The molecule has 2 aromatic carbocycles. The summed E-state index contributed by atoms with van der Waals surface area (Å²) in [7, 11) is 0. The van der Waals surface area contributed by atoms with E-state index in [-0.39, 0.29) is 10.7 Å². The van der Waals surface area contributed by atoms with Gasteiger partial charge in [-0.15, -0.1) is 0 Å². The van der Waals surface area contributed by atoms with Crippen LogP contribution in [0.25, 0.3) is 5.69 Å². The van der Waals surface area contributed by atoms with Gasteiger partial charge in [0.1, 0.15) is 5.82 Å². The number of rotatable bonds is 5. The third kappa shape index (κ3) is 4.16. The summed E-state index contributed by atoms with van der Waals surface area (Å²) in [5, 5.41) is 7.03. The van der Waals surface area contributed by atoms with E-state index < -0.39 is 11.7 Å². The molecule has 4 nitrogen and oxygen atoms in total. The zero-order valence-corrected chi connectivity index (χ0v) is 15.4. The van der Waals surface area contributed by atoms with Crippen molar-refractivity contribution in [1.29, 1.82) is 0 Å². The SMILES string of the molecule is Cc1nn(-c2ccc(F)cc2)c(C)c1C(=O)Nc1ccccc1SC(F)F. The molecule has 0 aliphatic heterocycles. The number of benzene rings is 2. The summed E-state index contributed by atoms with van der Waals surface area (Å²) in [4.78, 5) is 13.1. The Kier molecular flexibility index (Phi) is 5.55. The zero-order chi connectivity index (χ0) is 19.6. The summed E-state index contributed by atoms with van der Waals surface area (Å²) >= 11 is 0.370. The summed E-state index contributed by atoms with van der Waals surface area (Å²) < 4.78 is 40.1. The van der Waals surface area contributed by atoms with Crippen LogP contribution in [0.15, 0.2) is 53.4 Å². The summed E-state index contributed by atoms with van der Waals surface area (Å²) in [5.41, 5.74) is 2.31. The molecule has 0 spiro atoms. The van der Waals surface area contributed by atoms with Crippen molar-refractivity contribution in [1.82, 2.24) is 9.78 Å². The second-order valence-electron chi connectivity index (χ2n) is 5.76. The van der Waals surface area contributed by atoms with E-state index in [4.69, 9.17) is 0 Å². The first-order valence-electron chi connectivity index (χ1n) is 8.04. The molecule has 8 heteroatoms. The highest BCUT2D eigenvalue weighted by atomic mass is 32.2. The standard InChI is InChI=1S/C19H16F3N3OS/c1-11-17(12(2)25(24-11)14-9-7-13(20)8-10-14)18(26)23-15-5-3-4-6-16(15)27-19(21)22/h3-10,19H,1-2H3,(H,23,26). The summed E-state index contributed by atoms with van der Waals surface area (Å²) in [6.45, 7) is 3.40. The van der Waals surface area contributed by atoms with Crippen molar-refractivity contribution in [3.8, 4) is 5.69 Å². The molecule has 1 aromatic heterocycles. The average Bonchev–Trinajstić information content (AvgIpc) is 2.91. The predicted molar refractivity (Wildman–Crippen MR) is 99.3 cm³/mol. The van der Waals surface area contributed by atoms with Gasteiger partial charge in [-0.1, -0.05) is 23.9 Å². The number of hydrogen-bond donors (Lipinski definition) is 1. The average molecular weight is 391 g/mol. The fourth-order valence-electron chi connectivity index (χ4n) is 2.76. The van der Waals surface area contributed by atoms with E-state index in [0.29, 0.717) is 40.1 Å². The molecular weight excluding hydrogens is 375 g/mol. The molecule has 0 aliphatic carbocycles. The van der Waals surface area contributed by atoms with E-state index in [1.807, 2.05) is 0 Å². The Bertz CT molecular complexity index is 971. The fourth-order valence-corrected chi connectivity index (χ4v) is 3.35. The summed E-state index contributed by atoms with van der Waals surface area (Å²) in [5.74, 6) is -3.40. The smallest absolute Gasteiger partial charge is 0.288 e. The molecule has 0 saturated heterocycles. The Morgan fingerprint density at radius 1 is 1.11 bits per heavy atom. The Hall–Kier alpha value is -2.74. The maximum atomic E-state index is 13.1. The van der Waals surface area contributed by atoms with Crippen LogP contribution in [0.3, 0.4) is 0 Å². The van der Waals surface area contributed by atoms with Gasteiger partial charge in [0.2, 0.25) is 0 Å². The van der Waals surface area contributed by atoms with Gasteiger partial charge in [-0.2, -0.15) is 13.9 Å². The number of anilines is 1. The maximum absolute atomic E-state index is 13.1. The van der Waals surface area contributed by atoms with Crippen molar-refractivity contribution < 1.29 is 18.0 Å². The molecule has 0 saturated carbocycles. The van der Waals surface area contributed by atoms with Gasteiger partial charge in [-0.25, -0.2) is 9.07 Å². The molecule has 140 valence electrons. The van der Waals surface area contributed by atoms with Crippen LogP contribution in [0.2, 0.25) is 0 Å². The zero-order valence-electron chi connectivity index (χ0n) is 14.5. The number of para-hydroxylation sites is 1. The van der Waals surface area contributed by atoms with Gasteiger partial charge in [0.15, 0.2) is 0 Å². The largest absolute Gasteiger partial charge is 0.321 e. The topological polar surface area (TPSA) is 46.9 Å². The van der Waals surface area contributed by atoms with Gasteiger partial charge in [0, 0.05) is 4.90 Å². The molecule has 0 aliphatic rings. The van der Waals surface area contributed by atoms with Gasteiger partial charge in [-0.05, 0) is 50.2 Å². The van der Waals surface area contributed by atoms with Crippen molar-refractivity contribution in [2.75, 3.05) is 5.32 Å². The second kappa shape index (κ2) is 7.87. The Morgan fingerprint density at radius 3 is 2.44 bits per heavy atom. The number of thioether (sulfide) groups is 1. The molecule has 0 bridgehead atoms. The molecule has 0 atom stereocenters. The minimum atomic E-state index is -2.59. The number of carbonyl (C=O) groups is 1. The molecule has 1 amide bonds. The molecule has 3 rings (SSSR count). The second-order valence-corrected chi connectivity index (χ2v) is 6.79. The lowest BCUT2D eigenvalue weighted by Crippen LogP contribution is -2.15. The quantitative estimate of drug-likeness (QED) is 0.609. The van der Waals surface area contributed by atoms with Crippen LogP contribution in [0.4, 0.5) is 18.9 Å². The van der Waals surface area contributed by atoms with Crippen molar-refractivity contribution >= 4 is 23.4 Å². The lowest BCUT2D eigenvalue weighted by Gasteiger charge is -2.11. The van der Waals surface area contributed by atoms with Gasteiger partial charge >= 0.3 is 0 Å². The molecule has 3 aromatic rings. The number of hydrogen-bond acceptors (Lipinski definition) is 3. The number of amides is 1. The van der Waals surface area contributed by atoms with Crippen LogP contribution >= 0.6 is 11.8 Å². The van der Waals surface area contributed by atoms with Crippen LogP contribution in [-0.2, 0) is 0 Å². The number of aromatic nitrogens is 2.